The third-order valence-corrected chi connectivity index (χ3v) is 5.74. The number of carbonyl (C=O) groups is 1. The summed E-state index contributed by atoms with van der Waals surface area (Å²) in [6.45, 7) is 5.22. The number of piperazine rings is 1. The van der Waals surface area contributed by atoms with Gasteiger partial charge in [0.1, 0.15) is 6.04 Å². The van der Waals surface area contributed by atoms with E-state index < -0.39 is 6.04 Å². The number of nitrogens with zero attached hydrogens (tertiary/aromatic N) is 6. The van der Waals surface area contributed by atoms with Crippen molar-refractivity contribution in [3.05, 3.63) is 82.2 Å². The number of aromatic nitrogens is 5. The molecule has 0 saturated carbocycles. The smallest absolute Gasteiger partial charge is 0.351 e. The van der Waals surface area contributed by atoms with Crippen LogP contribution < -0.4 is 11.0 Å². The minimum Gasteiger partial charge on any atom is -0.353 e. The van der Waals surface area contributed by atoms with Crippen molar-refractivity contribution in [3.8, 4) is 5.69 Å². The van der Waals surface area contributed by atoms with Crippen molar-refractivity contribution in [2.75, 3.05) is 13.1 Å². The van der Waals surface area contributed by atoms with E-state index in [0.29, 0.717) is 18.7 Å². The quantitative estimate of drug-likeness (QED) is 0.543. The van der Waals surface area contributed by atoms with Crippen LogP contribution in [-0.4, -0.2) is 47.9 Å². The van der Waals surface area contributed by atoms with E-state index in [2.05, 4.69) is 10.4 Å². The van der Waals surface area contributed by atoms with Gasteiger partial charge in [0, 0.05) is 30.5 Å². The first-order valence-electron chi connectivity index (χ1n) is 10.2. The summed E-state index contributed by atoms with van der Waals surface area (Å²) in [7, 11) is 0. The van der Waals surface area contributed by atoms with Crippen LogP contribution >= 0.6 is 0 Å². The lowest BCUT2D eigenvalue weighted by molar-refractivity contribution is -0.130. The zero-order valence-electron chi connectivity index (χ0n) is 17.4. The van der Waals surface area contributed by atoms with E-state index in [9.17, 15) is 9.59 Å². The van der Waals surface area contributed by atoms with Crippen molar-refractivity contribution < 1.29 is 4.79 Å². The number of pyridine rings is 1. The molecule has 1 amide bonds. The number of rotatable bonds is 4. The highest BCUT2D eigenvalue weighted by atomic mass is 16.2. The maximum Gasteiger partial charge on any atom is 0.351 e. The predicted octanol–water partition coefficient (Wildman–Crippen LogP) is 1.43. The summed E-state index contributed by atoms with van der Waals surface area (Å²) in [6, 6.07) is 14.7. The van der Waals surface area contributed by atoms with Crippen molar-refractivity contribution in [1.29, 1.82) is 0 Å². The van der Waals surface area contributed by atoms with E-state index in [0.717, 1.165) is 22.6 Å². The number of para-hydroxylation sites is 1. The zero-order valence-corrected chi connectivity index (χ0v) is 17.4. The molecule has 3 aromatic heterocycles. The molecule has 0 spiro atoms. The second-order valence-corrected chi connectivity index (χ2v) is 7.69. The first-order valence-corrected chi connectivity index (χ1v) is 10.2. The molecule has 0 aliphatic carbocycles. The normalized spacial score (nSPS) is 17.2. The molecule has 31 heavy (non-hydrogen) atoms. The number of aryl methyl sites for hydroxylation is 1. The third-order valence-electron chi connectivity index (χ3n) is 5.74. The van der Waals surface area contributed by atoms with E-state index in [4.69, 9.17) is 5.10 Å². The summed E-state index contributed by atoms with van der Waals surface area (Å²) >= 11 is 0. The Morgan fingerprint density at radius 1 is 1.03 bits per heavy atom. The van der Waals surface area contributed by atoms with Gasteiger partial charge in [-0.3, -0.25) is 14.1 Å². The lowest BCUT2D eigenvalue weighted by atomic mass is 10.0. The number of hydrogen-bond acceptors (Lipinski definition) is 5. The Labute approximate surface area is 178 Å². The van der Waals surface area contributed by atoms with Gasteiger partial charge in [-0.05, 0) is 38.1 Å². The van der Waals surface area contributed by atoms with Gasteiger partial charge in [-0.25, -0.2) is 9.48 Å². The molecule has 0 bridgehead atoms. The Hall–Kier alpha value is -3.72. The van der Waals surface area contributed by atoms with E-state index in [1.807, 2.05) is 59.8 Å². The van der Waals surface area contributed by atoms with Crippen LogP contribution in [0.1, 0.15) is 23.0 Å². The number of amides is 1. The average molecular weight is 417 g/mol. The van der Waals surface area contributed by atoms with Crippen LogP contribution in [-0.2, 0) is 11.5 Å². The minimum atomic E-state index is -0.553. The van der Waals surface area contributed by atoms with Gasteiger partial charge in [0.05, 0.1) is 18.1 Å². The van der Waals surface area contributed by atoms with Crippen LogP contribution in [0.25, 0.3) is 11.3 Å². The molecule has 4 aromatic rings. The molecular formula is C22H23N7O2. The van der Waals surface area contributed by atoms with Gasteiger partial charge < -0.3 is 5.32 Å². The van der Waals surface area contributed by atoms with Crippen molar-refractivity contribution in [2.24, 2.45) is 0 Å². The Balaban J connectivity index is 1.55. The van der Waals surface area contributed by atoms with Gasteiger partial charge in [0.15, 0.2) is 5.65 Å². The monoisotopic (exact) mass is 417 g/mol. The second-order valence-electron chi connectivity index (χ2n) is 7.69. The third kappa shape index (κ3) is 3.23. The van der Waals surface area contributed by atoms with Crippen molar-refractivity contribution in [3.63, 3.8) is 0 Å². The van der Waals surface area contributed by atoms with E-state index in [1.165, 1.54) is 9.08 Å². The number of nitrogens with one attached hydrogen (secondary N) is 1. The first kappa shape index (κ1) is 19.3. The standard InChI is InChI=1S/C22H23N7O2/c1-15-19(16(2)29(24-15)17-8-4-3-5-9-17)20-21(30)23-11-13-26(20)14-28-22(31)27-12-7-6-10-18(27)25-28/h3-10,12,20H,11,13-14H2,1-2H3,(H,23,30). The fourth-order valence-electron chi connectivity index (χ4n) is 4.28. The van der Waals surface area contributed by atoms with E-state index in [-0.39, 0.29) is 18.3 Å². The van der Waals surface area contributed by atoms with Crippen LogP contribution in [0.4, 0.5) is 0 Å². The summed E-state index contributed by atoms with van der Waals surface area (Å²) < 4.78 is 4.78. The second kappa shape index (κ2) is 7.51. The number of carbonyl (C=O) groups excluding carboxylic acids is 1. The summed E-state index contributed by atoms with van der Waals surface area (Å²) in [5.41, 5.74) is 3.84. The SMILES string of the molecule is Cc1nn(-c2ccccc2)c(C)c1C1C(=O)NCCN1Cn1nc2ccccn2c1=O. The molecule has 1 aromatic carbocycles. The number of fused-ring (bicyclic) bond motifs is 1. The van der Waals surface area contributed by atoms with E-state index >= 15 is 0 Å². The van der Waals surface area contributed by atoms with Crippen molar-refractivity contribution in [2.45, 2.75) is 26.6 Å². The molecule has 0 radical (unpaired) electrons. The molecule has 1 aliphatic heterocycles. The zero-order chi connectivity index (χ0) is 21.5. The molecule has 9 nitrogen and oxygen atoms in total. The maximum absolute atomic E-state index is 13.0. The van der Waals surface area contributed by atoms with Gasteiger partial charge in [-0.15, -0.1) is 5.10 Å². The van der Waals surface area contributed by atoms with Gasteiger partial charge in [0.25, 0.3) is 0 Å². The first-order chi connectivity index (χ1) is 15.0. The molecule has 1 N–H and O–H groups in total. The van der Waals surface area contributed by atoms with Gasteiger partial charge in [0.2, 0.25) is 5.91 Å². The van der Waals surface area contributed by atoms with Crippen molar-refractivity contribution >= 4 is 11.6 Å². The van der Waals surface area contributed by atoms with E-state index in [1.54, 1.807) is 18.3 Å². The fourth-order valence-corrected chi connectivity index (χ4v) is 4.28. The largest absolute Gasteiger partial charge is 0.353 e. The Kier molecular flexibility index (Phi) is 4.67. The highest BCUT2D eigenvalue weighted by Gasteiger charge is 2.36. The molecule has 1 fully saturated rings. The minimum absolute atomic E-state index is 0.0955. The highest BCUT2D eigenvalue weighted by Crippen LogP contribution is 2.30. The number of hydrogen-bond donors (Lipinski definition) is 1. The summed E-state index contributed by atoms with van der Waals surface area (Å²) in [5.74, 6) is -0.0955. The lowest BCUT2D eigenvalue weighted by Crippen LogP contribution is -2.51. The molecule has 158 valence electrons. The van der Waals surface area contributed by atoms with Crippen molar-refractivity contribution in [1.82, 2.24) is 34.2 Å². The van der Waals surface area contributed by atoms with Crippen LogP contribution in [0.5, 0.6) is 0 Å². The van der Waals surface area contributed by atoms with Gasteiger partial charge >= 0.3 is 5.69 Å². The lowest BCUT2D eigenvalue weighted by Gasteiger charge is -2.34. The van der Waals surface area contributed by atoms with Crippen LogP contribution in [0, 0.1) is 13.8 Å². The Morgan fingerprint density at radius 3 is 2.58 bits per heavy atom. The Morgan fingerprint density at radius 2 is 1.81 bits per heavy atom. The maximum atomic E-state index is 13.0. The van der Waals surface area contributed by atoms with Crippen LogP contribution in [0.3, 0.4) is 0 Å². The fraction of sp³-hybridized carbons (Fsp3) is 0.273. The van der Waals surface area contributed by atoms with Crippen LogP contribution in [0.15, 0.2) is 59.5 Å². The highest BCUT2D eigenvalue weighted by molar-refractivity contribution is 5.84. The number of benzene rings is 1. The summed E-state index contributed by atoms with van der Waals surface area (Å²) in [6.07, 6.45) is 1.69. The van der Waals surface area contributed by atoms with Gasteiger partial charge in [-0.2, -0.15) is 9.78 Å². The molecule has 5 rings (SSSR count). The van der Waals surface area contributed by atoms with Crippen LogP contribution in [0.2, 0.25) is 0 Å². The predicted molar refractivity (Wildman–Crippen MR) is 115 cm³/mol. The molecule has 1 unspecified atom stereocenters. The average Bonchev–Trinajstić information content (AvgIpc) is 3.25. The molecule has 9 heteroatoms. The molecule has 4 heterocycles. The Bertz CT molecular complexity index is 1320. The molecule has 1 atom stereocenters. The summed E-state index contributed by atoms with van der Waals surface area (Å²) in [5, 5.41) is 12.1. The molecular weight excluding hydrogens is 394 g/mol. The van der Waals surface area contributed by atoms with Gasteiger partial charge in [-0.1, -0.05) is 24.3 Å². The molecule has 1 aliphatic rings. The summed E-state index contributed by atoms with van der Waals surface area (Å²) in [4.78, 5) is 27.8. The molecule has 1 saturated heterocycles. The topological polar surface area (TPSA) is 89.5 Å².